The van der Waals surface area contributed by atoms with Crippen LogP contribution >= 0.6 is 0 Å². The Labute approximate surface area is 102 Å². The monoisotopic (exact) mass is 236 g/mol. The molecule has 1 aromatic carbocycles. The Morgan fingerprint density at radius 3 is 2.76 bits per heavy atom. The maximum atomic E-state index is 9.78. The number of morpholine rings is 1. The molecule has 0 unspecified atom stereocenters. The molecule has 1 aliphatic rings. The summed E-state index contributed by atoms with van der Waals surface area (Å²) in [4.78, 5) is 2.29. The summed E-state index contributed by atoms with van der Waals surface area (Å²) in [5, 5.41) is 9.78. The van der Waals surface area contributed by atoms with E-state index < -0.39 is 0 Å². The summed E-state index contributed by atoms with van der Waals surface area (Å²) in [5.41, 5.74) is 7.65. The summed E-state index contributed by atoms with van der Waals surface area (Å²) >= 11 is 0. The first-order valence-electron chi connectivity index (χ1n) is 6.16. The fraction of sp³-hybridized carbons (Fsp3) is 0.538. The zero-order chi connectivity index (χ0) is 12.1. The fourth-order valence-electron chi connectivity index (χ4n) is 2.08. The van der Waals surface area contributed by atoms with E-state index in [1.54, 1.807) is 6.07 Å². The lowest BCUT2D eigenvalue weighted by Gasteiger charge is -2.29. The number of aromatic hydroxyl groups is 1. The van der Waals surface area contributed by atoms with Crippen molar-refractivity contribution in [1.82, 2.24) is 0 Å². The third kappa shape index (κ3) is 3.11. The van der Waals surface area contributed by atoms with Crippen LogP contribution in [0.1, 0.15) is 12.0 Å². The van der Waals surface area contributed by atoms with Gasteiger partial charge < -0.3 is 20.5 Å². The zero-order valence-electron chi connectivity index (χ0n) is 10.1. The Morgan fingerprint density at radius 2 is 2.06 bits per heavy atom. The van der Waals surface area contributed by atoms with E-state index in [2.05, 4.69) is 11.0 Å². The van der Waals surface area contributed by atoms with E-state index in [1.165, 1.54) is 0 Å². The Balaban J connectivity index is 2.11. The molecule has 94 valence electrons. The molecule has 0 bridgehead atoms. The van der Waals surface area contributed by atoms with Gasteiger partial charge in [-0.15, -0.1) is 0 Å². The molecule has 1 saturated heterocycles. The number of hydrogen-bond acceptors (Lipinski definition) is 4. The second-order valence-corrected chi connectivity index (χ2v) is 4.30. The molecule has 3 N–H and O–H groups in total. The topological polar surface area (TPSA) is 58.7 Å². The maximum Gasteiger partial charge on any atom is 0.118 e. The summed E-state index contributed by atoms with van der Waals surface area (Å²) in [6.07, 6.45) is 1.74. The normalized spacial score (nSPS) is 16.2. The van der Waals surface area contributed by atoms with Crippen LogP contribution in [0.5, 0.6) is 5.75 Å². The second kappa shape index (κ2) is 5.89. The van der Waals surface area contributed by atoms with Crippen LogP contribution in [-0.4, -0.2) is 38.0 Å². The van der Waals surface area contributed by atoms with Gasteiger partial charge in [0, 0.05) is 18.8 Å². The molecular weight excluding hydrogens is 216 g/mol. The number of phenolic OH excluding ortho intramolecular Hbond substituents is 1. The molecule has 0 aliphatic carbocycles. The third-order valence-electron chi connectivity index (χ3n) is 3.09. The number of ether oxygens (including phenoxy) is 1. The van der Waals surface area contributed by atoms with E-state index in [-0.39, 0.29) is 0 Å². The largest absolute Gasteiger partial charge is 0.508 e. The van der Waals surface area contributed by atoms with Gasteiger partial charge in [0.2, 0.25) is 0 Å². The van der Waals surface area contributed by atoms with E-state index in [0.717, 1.165) is 50.4 Å². The lowest BCUT2D eigenvalue weighted by atomic mass is 10.1. The Kier molecular flexibility index (Phi) is 4.23. The minimum Gasteiger partial charge on any atom is -0.508 e. The number of nitrogens with zero attached hydrogens (tertiary/aromatic N) is 1. The number of hydrogen-bond donors (Lipinski definition) is 2. The van der Waals surface area contributed by atoms with Crippen molar-refractivity contribution in [3.63, 3.8) is 0 Å². The molecule has 1 aromatic rings. The molecule has 0 radical (unpaired) electrons. The summed E-state index contributed by atoms with van der Waals surface area (Å²) in [5.74, 6) is 0.371. The lowest BCUT2D eigenvalue weighted by Crippen LogP contribution is -2.36. The van der Waals surface area contributed by atoms with E-state index in [9.17, 15) is 5.11 Å². The molecule has 1 heterocycles. The quantitative estimate of drug-likeness (QED) is 0.822. The van der Waals surface area contributed by atoms with E-state index >= 15 is 0 Å². The highest BCUT2D eigenvalue weighted by atomic mass is 16.5. The fourth-order valence-corrected chi connectivity index (χ4v) is 2.08. The molecule has 0 aromatic heterocycles. The minimum atomic E-state index is 0.371. The van der Waals surface area contributed by atoms with Gasteiger partial charge in [-0.2, -0.15) is 0 Å². The predicted molar refractivity (Wildman–Crippen MR) is 68.5 cm³/mol. The van der Waals surface area contributed by atoms with E-state index in [0.29, 0.717) is 12.3 Å². The third-order valence-corrected chi connectivity index (χ3v) is 3.09. The van der Waals surface area contributed by atoms with Gasteiger partial charge in [-0.05, 0) is 43.1 Å². The molecule has 0 amide bonds. The molecular formula is C13H20N2O2. The summed E-state index contributed by atoms with van der Waals surface area (Å²) in [6.45, 7) is 4.04. The van der Waals surface area contributed by atoms with Crippen LogP contribution < -0.4 is 10.6 Å². The molecule has 1 fully saturated rings. The van der Waals surface area contributed by atoms with Gasteiger partial charge in [-0.1, -0.05) is 0 Å². The predicted octanol–water partition coefficient (Wildman–Crippen LogP) is 1.12. The van der Waals surface area contributed by atoms with Crippen LogP contribution in [0.3, 0.4) is 0 Å². The number of aryl methyl sites for hydroxylation is 1. The van der Waals surface area contributed by atoms with E-state index in [4.69, 9.17) is 10.5 Å². The maximum absolute atomic E-state index is 9.78. The van der Waals surface area contributed by atoms with Crippen LogP contribution in [-0.2, 0) is 11.2 Å². The number of phenols is 1. The van der Waals surface area contributed by atoms with Crippen LogP contribution in [0.4, 0.5) is 5.69 Å². The highest BCUT2D eigenvalue weighted by Crippen LogP contribution is 2.25. The zero-order valence-corrected chi connectivity index (χ0v) is 10.1. The number of benzene rings is 1. The summed E-state index contributed by atoms with van der Waals surface area (Å²) in [6, 6.07) is 5.81. The highest BCUT2D eigenvalue weighted by molar-refractivity contribution is 5.53. The van der Waals surface area contributed by atoms with Crippen molar-refractivity contribution in [2.24, 2.45) is 5.73 Å². The highest BCUT2D eigenvalue weighted by Gasteiger charge is 2.12. The van der Waals surface area contributed by atoms with Gasteiger partial charge in [0.1, 0.15) is 5.75 Å². The van der Waals surface area contributed by atoms with Crippen molar-refractivity contribution >= 4 is 5.69 Å². The van der Waals surface area contributed by atoms with Crippen LogP contribution in [0.25, 0.3) is 0 Å². The van der Waals surface area contributed by atoms with Gasteiger partial charge in [0.05, 0.1) is 13.2 Å². The first-order valence-corrected chi connectivity index (χ1v) is 6.16. The first kappa shape index (κ1) is 12.2. The second-order valence-electron chi connectivity index (χ2n) is 4.30. The van der Waals surface area contributed by atoms with Crippen LogP contribution in [0.2, 0.25) is 0 Å². The molecule has 4 nitrogen and oxygen atoms in total. The average Bonchev–Trinajstić information content (AvgIpc) is 2.39. The van der Waals surface area contributed by atoms with Crippen LogP contribution in [0, 0.1) is 0 Å². The van der Waals surface area contributed by atoms with E-state index in [1.807, 2.05) is 6.07 Å². The molecule has 0 saturated carbocycles. The van der Waals surface area contributed by atoms with Crippen molar-refractivity contribution in [2.75, 3.05) is 37.7 Å². The van der Waals surface area contributed by atoms with Crippen molar-refractivity contribution in [2.45, 2.75) is 12.8 Å². The Hall–Kier alpha value is -1.26. The molecule has 4 heteroatoms. The van der Waals surface area contributed by atoms with Gasteiger partial charge in [-0.25, -0.2) is 0 Å². The Bertz CT molecular complexity index is 362. The summed E-state index contributed by atoms with van der Waals surface area (Å²) < 4.78 is 5.33. The minimum absolute atomic E-state index is 0.371. The van der Waals surface area contributed by atoms with Crippen molar-refractivity contribution in [3.8, 4) is 5.75 Å². The summed E-state index contributed by atoms with van der Waals surface area (Å²) in [7, 11) is 0. The standard InChI is InChI=1S/C13H20N2O2/c14-5-1-2-11-10-12(3-4-13(11)16)15-6-8-17-9-7-15/h3-4,10,16H,1-2,5-9,14H2. The van der Waals surface area contributed by atoms with Gasteiger partial charge in [0.25, 0.3) is 0 Å². The number of rotatable bonds is 4. The van der Waals surface area contributed by atoms with Crippen LogP contribution in [0.15, 0.2) is 18.2 Å². The van der Waals surface area contributed by atoms with Crippen molar-refractivity contribution in [3.05, 3.63) is 23.8 Å². The number of anilines is 1. The van der Waals surface area contributed by atoms with Crippen molar-refractivity contribution in [1.29, 1.82) is 0 Å². The van der Waals surface area contributed by atoms with Gasteiger partial charge >= 0.3 is 0 Å². The Morgan fingerprint density at radius 1 is 1.29 bits per heavy atom. The molecule has 2 rings (SSSR count). The molecule has 0 spiro atoms. The SMILES string of the molecule is NCCCc1cc(N2CCOCC2)ccc1O. The van der Waals surface area contributed by atoms with Gasteiger partial charge in [0.15, 0.2) is 0 Å². The van der Waals surface area contributed by atoms with Gasteiger partial charge in [-0.3, -0.25) is 0 Å². The average molecular weight is 236 g/mol. The first-order chi connectivity index (χ1) is 8.31. The van der Waals surface area contributed by atoms with Crippen molar-refractivity contribution < 1.29 is 9.84 Å². The molecule has 1 aliphatic heterocycles. The number of nitrogens with two attached hydrogens (primary N) is 1. The smallest absolute Gasteiger partial charge is 0.118 e. The molecule has 0 atom stereocenters. The molecule has 17 heavy (non-hydrogen) atoms. The lowest BCUT2D eigenvalue weighted by molar-refractivity contribution is 0.122.